The summed E-state index contributed by atoms with van der Waals surface area (Å²) in [6.45, 7) is 0.825. The Kier molecular flexibility index (Phi) is 8.31. The Bertz CT molecular complexity index is 1390. The van der Waals surface area contributed by atoms with Gasteiger partial charge < -0.3 is 30.4 Å². The maximum atomic E-state index is 13.5. The normalized spacial score (nSPS) is 19.2. The molecule has 10 heteroatoms. The van der Waals surface area contributed by atoms with Crippen LogP contribution in [0.15, 0.2) is 42.5 Å². The number of fused-ring (bicyclic) bond motifs is 1. The van der Waals surface area contributed by atoms with Crippen LogP contribution in [0.4, 0.5) is 24.5 Å². The number of hydrogen-bond donors (Lipinski definition) is 4. The van der Waals surface area contributed by atoms with Gasteiger partial charge in [0.25, 0.3) is 5.91 Å². The van der Waals surface area contributed by atoms with Crippen LogP contribution in [0.1, 0.15) is 48.7 Å². The molecule has 4 rings (SSSR count). The van der Waals surface area contributed by atoms with Gasteiger partial charge in [-0.1, -0.05) is 12.0 Å². The maximum absolute atomic E-state index is 13.5. The third-order valence-corrected chi connectivity index (χ3v) is 6.98. The predicted octanol–water partition coefficient (Wildman–Crippen LogP) is 5.14. The number of carbonyl (C=O) groups is 1. The van der Waals surface area contributed by atoms with E-state index in [-0.39, 0.29) is 24.2 Å². The summed E-state index contributed by atoms with van der Waals surface area (Å²) in [4.78, 5) is 11.9. The van der Waals surface area contributed by atoms with Crippen molar-refractivity contribution >= 4 is 28.2 Å². The topological polar surface area (TPSA) is 87.5 Å². The van der Waals surface area contributed by atoms with Crippen molar-refractivity contribution in [2.24, 2.45) is 0 Å². The molecule has 1 aromatic heterocycles. The zero-order valence-electron chi connectivity index (χ0n) is 22.2. The Balaban J connectivity index is 1.57. The van der Waals surface area contributed by atoms with Crippen LogP contribution in [-0.4, -0.2) is 54.1 Å². The number of nitrogens with one attached hydrogen (secondary N) is 3. The average Bonchev–Trinajstić information content (AvgIpc) is 3.24. The minimum Gasteiger partial charge on any atom is -0.495 e. The van der Waals surface area contributed by atoms with E-state index >= 15 is 0 Å². The number of methoxy groups -OCH3 is 1. The smallest absolute Gasteiger partial charge is 0.406 e. The van der Waals surface area contributed by atoms with Gasteiger partial charge in [-0.05, 0) is 74.9 Å². The van der Waals surface area contributed by atoms with E-state index < -0.39 is 18.3 Å². The van der Waals surface area contributed by atoms with Crippen LogP contribution in [0.2, 0.25) is 0 Å². The molecule has 0 aliphatic heterocycles. The van der Waals surface area contributed by atoms with Crippen LogP contribution in [0.25, 0.3) is 10.9 Å². The highest BCUT2D eigenvalue weighted by Gasteiger charge is 2.31. The number of carbonyl (C=O) groups excluding carboxylic acids is 1. The molecular formula is C29H33F3N4O3. The minimum atomic E-state index is -4.42. The number of nitrogens with zero attached hydrogens (tertiary/aromatic N) is 1. The summed E-state index contributed by atoms with van der Waals surface area (Å²) in [5.41, 5.74) is 1.82. The van der Waals surface area contributed by atoms with Crippen molar-refractivity contribution in [1.82, 2.24) is 9.88 Å². The number of ether oxygens (including phenoxy) is 1. The summed E-state index contributed by atoms with van der Waals surface area (Å²) >= 11 is 0. The number of benzene rings is 2. The Labute approximate surface area is 225 Å². The van der Waals surface area contributed by atoms with Gasteiger partial charge in [-0.15, -0.1) is 0 Å². The lowest BCUT2D eigenvalue weighted by molar-refractivity contribution is -0.140. The highest BCUT2D eigenvalue weighted by Crippen LogP contribution is 2.34. The predicted molar refractivity (Wildman–Crippen MR) is 146 cm³/mol. The fourth-order valence-corrected chi connectivity index (χ4v) is 4.86. The minimum absolute atomic E-state index is 0.130. The van der Waals surface area contributed by atoms with Gasteiger partial charge in [0, 0.05) is 29.7 Å². The maximum Gasteiger partial charge on any atom is 0.406 e. The molecule has 39 heavy (non-hydrogen) atoms. The Morgan fingerprint density at radius 3 is 2.59 bits per heavy atom. The molecule has 0 saturated heterocycles. The molecular weight excluding hydrogens is 509 g/mol. The van der Waals surface area contributed by atoms with Gasteiger partial charge in [0.1, 0.15) is 12.3 Å². The fourth-order valence-electron chi connectivity index (χ4n) is 4.86. The Morgan fingerprint density at radius 2 is 1.92 bits per heavy atom. The third kappa shape index (κ3) is 6.98. The van der Waals surface area contributed by atoms with Gasteiger partial charge in [-0.2, -0.15) is 13.2 Å². The first-order valence-corrected chi connectivity index (χ1v) is 12.8. The molecule has 1 fully saturated rings. The molecule has 3 aromatic rings. The summed E-state index contributed by atoms with van der Waals surface area (Å²) in [5.74, 6) is 6.01. The van der Waals surface area contributed by atoms with Crippen molar-refractivity contribution in [3.63, 3.8) is 0 Å². The van der Waals surface area contributed by atoms with Crippen molar-refractivity contribution in [1.29, 1.82) is 0 Å². The van der Waals surface area contributed by atoms with Crippen LogP contribution in [0.5, 0.6) is 5.75 Å². The first-order valence-electron chi connectivity index (χ1n) is 12.8. The molecule has 1 saturated carbocycles. The standard InChI is InChI=1S/C29H33F3N4O3/c1-28(38)13-11-20(12-14-28)35-23-7-4-8-25-22(23)17-21(36(25)18-29(30,31)32)6-5-15-34-24-10-9-19(27(37)33-2)16-26(24)39-3/h4,7-10,16-17,20,34-35,38H,11-15,18H2,1-3H3,(H,33,37)/t20-,28+. The van der Waals surface area contributed by atoms with E-state index in [2.05, 4.69) is 27.8 Å². The van der Waals surface area contributed by atoms with Crippen LogP contribution in [-0.2, 0) is 6.54 Å². The van der Waals surface area contributed by atoms with E-state index in [0.29, 0.717) is 40.7 Å². The SMILES string of the molecule is CNC(=O)c1ccc(NCC#Cc2cc3c(N[C@H]4CC[C@@](C)(O)CC4)cccc3n2CC(F)(F)F)c(OC)c1. The zero-order valence-corrected chi connectivity index (χ0v) is 22.2. The van der Waals surface area contributed by atoms with Gasteiger partial charge >= 0.3 is 6.18 Å². The molecule has 4 N–H and O–H groups in total. The number of rotatable bonds is 7. The molecule has 0 radical (unpaired) electrons. The van der Waals surface area contributed by atoms with Crippen molar-refractivity contribution in [3.05, 3.63) is 53.7 Å². The summed E-state index contributed by atoms with van der Waals surface area (Å²) in [6.07, 6.45) is -1.53. The zero-order chi connectivity index (χ0) is 28.2. The van der Waals surface area contributed by atoms with Crippen LogP contribution >= 0.6 is 0 Å². The number of anilines is 2. The second kappa shape index (κ2) is 11.5. The van der Waals surface area contributed by atoms with E-state index in [4.69, 9.17) is 4.74 Å². The van der Waals surface area contributed by atoms with Gasteiger partial charge in [-0.3, -0.25) is 4.79 Å². The summed E-state index contributed by atoms with van der Waals surface area (Å²) in [7, 11) is 3.02. The Morgan fingerprint density at radius 1 is 1.18 bits per heavy atom. The quantitative estimate of drug-likeness (QED) is 0.311. The van der Waals surface area contributed by atoms with Gasteiger partial charge in [0.15, 0.2) is 0 Å². The highest BCUT2D eigenvalue weighted by atomic mass is 19.4. The van der Waals surface area contributed by atoms with E-state index in [1.54, 1.807) is 36.4 Å². The van der Waals surface area contributed by atoms with E-state index in [1.165, 1.54) is 18.7 Å². The van der Waals surface area contributed by atoms with E-state index in [1.807, 2.05) is 13.0 Å². The molecule has 0 bridgehead atoms. The van der Waals surface area contributed by atoms with E-state index in [9.17, 15) is 23.1 Å². The summed E-state index contributed by atoms with van der Waals surface area (Å²) in [5, 5.41) is 20.0. The molecule has 208 valence electrons. The number of aromatic nitrogens is 1. The molecule has 0 unspecified atom stereocenters. The van der Waals surface area contributed by atoms with Crippen molar-refractivity contribution in [3.8, 4) is 17.6 Å². The molecule has 7 nitrogen and oxygen atoms in total. The molecule has 1 heterocycles. The molecule has 0 atom stereocenters. The van der Waals surface area contributed by atoms with Gasteiger partial charge in [0.2, 0.25) is 0 Å². The number of halogens is 3. The number of aliphatic hydroxyl groups is 1. The summed E-state index contributed by atoms with van der Waals surface area (Å²) in [6, 6.07) is 12.0. The third-order valence-electron chi connectivity index (χ3n) is 6.98. The monoisotopic (exact) mass is 542 g/mol. The fraction of sp³-hybridized carbons (Fsp3) is 0.414. The van der Waals surface area contributed by atoms with Crippen LogP contribution in [0.3, 0.4) is 0 Å². The largest absolute Gasteiger partial charge is 0.495 e. The second-order valence-electron chi connectivity index (χ2n) is 10.0. The van der Waals surface area contributed by atoms with Crippen molar-refractivity contribution in [2.75, 3.05) is 31.3 Å². The molecule has 1 aliphatic rings. The number of amides is 1. The van der Waals surface area contributed by atoms with E-state index in [0.717, 1.165) is 18.5 Å². The first-order chi connectivity index (χ1) is 18.5. The lowest BCUT2D eigenvalue weighted by atomic mass is 9.83. The second-order valence-corrected chi connectivity index (χ2v) is 10.0. The Hall–Kier alpha value is -3.84. The lowest BCUT2D eigenvalue weighted by Gasteiger charge is -2.34. The molecule has 1 amide bonds. The van der Waals surface area contributed by atoms with Crippen LogP contribution in [0, 0.1) is 11.8 Å². The number of hydrogen-bond acceptors (Lipinski definition) is 5. The lowest BCUT2D eigenvalue weighted by Crippen LogP contribution is -2.35. The van der Waals surface area contributed by atoms with Crippen molar-refractivity contribution < 1.29 is 27.8 Å². The summed E-state index contributed by atoms with van der Waals surface area (Å²) < 4.78 is 47.1. The molecule has 0 spiro atoms. The highest BCUT2D eigenvalue weighted by molar-refractivity contribution is 5.95. The van der Waals surface area contributed by atoms with Gasteiger partial charge in [-0.25, -0.2) is 0 Å². The molecule has 2 aromatic carbocycles. The first kappa shape index (κ1) is 28.2. The molecule has 1 aliphatic carbocycles. The van der Waals surface area contributed by atoms with Crippen LogP contribution < -0.4 is 20.7 Å². The number of alkyl halides is 3. The van der Waals surface area contributed by atoms with Gasteiger partial charge in [0.05, 0.1) is 36.2 Å². The van der Waals surface area contributed by atoms with Crippen molar-refractivity contribution in [2.45, 2.75) is 57.0 Å². The average molecular weight is 543 g/mol.